The van der Waals surface area contributed by atoms with Crippen LogP contribution in [-0.2, 0) is 14.3 Å². The SMILES string of the molecule is CC(C)C1C(=O)OC1=O. The summed E-state index contributed by atoms with van der Waals surface area (Å²) in [5.41, 5.74) is 0. The van der Waals surface area contributed by atoms with E-state index in [1.807, 2.05) is 13.8 Å². The molecule has 0 atom stereocenters. The quantitative estimate of drug-likeness (QED) is 0.378. The van der Waals surface area contributed by atoms with Crippen LogP contribution in [0.3, 0.4) is 0 Å². The lowest BCUT2D eigenvalue weighted by Crippen LogP contribution is -2.43. The lowest BCUT2D eigenvalue weighted by atomic mass is 9.93. The van der Waals surface area contributed by atoms with E-state index in [9.17, 15) is 9.59 Å². The Kier molecular flexibility index (Phi) is 1.27. The minimum Gasteiger partial charge on any atom is -0.392 e. The number of ether oxygens (including phenoxy) is 1. The number of cyclic esters (lactones) is 2. The molecule has 0 aromatic heterocycles. The highest BCUT2D eigenvalue weighted by molar-refractivity contribution is 6.09. The molecule has 0 unspecified atom stereocenters. The molecule has 3 nitrogen and oxygen atoms in total. The number of carbonyl (C=O) groups excluding carboxylic acids is 2. The fraction of sp³-hybridized carbons (Fsp3) is 0.667. The molecule has 0 amide bonds. The van der Waals surface area contributed by atoms with Crippen LogP contribution in [0, 0.1) is 11.8 Å². The van der Waals surface area contributed by atoms with Gasteiger partial charge in [0, 0.05) is 0 Å². The fourth-order valence-electron chi connectivity index (χ4n) is 0.809. The van der Waals surface area contributed by atoms with Crippen molar-refractivity contribution in [2.75, 3.05) is 0 Å². The second-order valence-corrected chi connectivity index (χ2v) is 2.46. The first-order chi connectivity index (χ1) is 4.13. The van der Waals surface area contributed by atoms with Gasteiger partial charge in [-0.05, 0) is 5.92 Å². The lowest BCUT2D eigenvalue weighted by Gasteiger charge is -2.24. The molecule has 0 radical (unpaired) electrons. The molecule has 1 aliphatic heterocycles. The molecule has 0 spiro atoms. The van der Waals surface area contributed by atoms with E-state index in [1.165, 1.54) is 0 Å². The third kappa shape index (κ3) is 0.823. The number of hydrogen-bond donors (Lipinski definition) is 0. The molecule has 0 aliphatic carbocycles. The van der Waals surface area contributed by atoms with Gasteiger partial charge in [0.2, 0.25) is 0 Å². The third-order valence-electron chi connectivity index (χ3n) is 1.38. The van der Waals surface area contributed by atoms with Crippen LogP contribution in [0.15, 0.2) is 0 Å². The van der Waals surface area contributed by atoms with Gasteiger partial charge in [0.1, 0.15) is 0 Å². The Morgan fingerprint density at radius 2 is 1.78 bits per heavy atom. The summed E-state index contributed by atoms with van der Waals surface area (Å²) in [6.07, 6.45) is 0. The smallest absolute Gasteiger partial charge is 0.328 e. The van der Waals surface area contributed by atoms with E-state index < -0.39 is 5.92 Å². The summed E-state index contributed by atoms with van der Waals surface area (Å²) in [5.74, 6) is -1.16. The Labute approximate surface area is 53.0 Å². The first-order valence-corrected chi connectivity index (χ1v) is 2.88. The second-order valence-electron chi connectivity index (χ2n) is 2.46. The van der Waals surface area contributed by atoms with Crippen LogP contribution in [0.5, 0.6) is 0 Å². The third-order valence-corrected chi connectivity index (χ3v) is 1.38. The van der Waals surface area contributed by atoms with Crippen molar-refractivity contribution in [2.24, 2.45) is 11.8 Å². The molecule has 1 heterocycles. The molecular weight excluding hydrogens is 120 g/mol. The van der Waals surface area contributed by atoms with E-state index in [4.69, 9.17) is 0 Å². The zero-order chi connectivity index (χ0) is 7.02. The van der Waals surface area contributed by atoms with Crippen LogP contribution in [0.25, 0.3) is 0 Å². The van der Waals surface area contributed by atoms with Crippen LogP contribution >= 0.6 is 0 Å². The summed E-state index contributed by atoms with van der Waals surface area (Å²) in [7, 11) is 0. The van der Waals surface area contributed by atoms with Gasteiger partial charge in [-0.3, -0.25) is 9.59 Å². The van der Waals surface area contributed by atoms with Crippen LogP contribution in [0.2, 0.25) is 0 Å². The van der Waals surface area contributed by atoms with Gasteiger partial charge in [0.15, 0.2) is 5.92 Å². The predicted molar refractivity (Wildman–Crippen MR) is 29.4 cm³/mol. The average molecular weight is 128 g/mol. The zero-order valence-electron chi connectivity index (χ0n) is 5.38. The number of rotatable bonds is 1. The minimum absolute atomic E-state index is 0.0822. The van der Waals surface area contributed by atoms with Gasteiger partial charge in [-0.1, -0.05) is 13.8 Å². The van der Waals surface area contributed by atoms with Crippen LogP contribution in [-0.4, -0.2) is 11.9 Å². The standard InChI is InChI=1S/C6H8O3/c1-3(2)4-5(7)9-6(4)8/h3-4H,1-2H3. The van der Waals surface area contributed by atoms with Gasteiger partial charge in [-0.25, -0.2) is 0 Å². The van der Waals surface area contributed by atoms with Crippen molar-refractivity contribution >= 4 is 11.9 Å². The van der Waals surface area contributed by atoms with Crippen molar-refractivity contribution < 1.29 is 14.3 Å². The van der Waals surface area contributed by atoms with Crippen molar-refractivity contribution in [2.45, 2.75) is 13.8 Å². The molecule has 1 fully saturated rings. The molecule has 3 heteroatoms. The number of carbonyl (C=O) groups is 2. The highest BCUT2D eigenvalue weighted by Gasteiger charge is 2.43. The van der Waals surface area contributed by atoms with Crippen molar-refractivity contribution in [1.82, 2.24) is 0 Å². The summed E-state index contributed by atoms with van der Waals surface area (Å²) in [4.78, 5) is 20.9. The summed E-state index contributed by atoms with van der Waals surface area (Å²) in [5, 5.41) is 0. The molecule has 0 aromatic carbocycles. The maximum absolute atomic E-state index is 10.4. The van der Waals surface area contributed by atoms with Crippen LogP contribution in [0.4, 0.5) is 0 Å². The Bertz CT molecular complexity index is 146. The van der Waals surface area contributed by atoms with E-state index in [0.29, 0.717) is 0 Å². The van der Waals surface area contributed by atoms with E-state index in [1.54, 1.807) is 0 Å². The second kappa shape index (κ2) is 1.83. The average Bonchev–Trinajstić information content (AvgIpc) is 1.62. The zero-order valence-corrected chi connectivity index (χ0v) is 5.38. The van der Waals surface area contributed by atoms with Gasteiger partial charge in [0.05, 0.1) is 0 Å². The molecule has 0 aromatic rings. The fourth-order valence-corrected chi connectivity index (χ4v) is 0.809. The van der Waals surface area contributed by atoms with E-state index in [-0.39, 0.29) is 17.9 Å². The number of hydrogen-bond acceptors (Lipinski definition) is 3. The molecule has 1 saturated heterocycles. The molecule has 0 saturated carbocycles. The molecule has 9 heavy (non-hydrogen) atoms. The van der Waals surface area contributed by atoms with Crippen molar-refractivity contribution in [3.8, 4) is 0 Å². The predicted octanol–water partition coefficient (Wildman–Crippen LogP) is 0.342. The van der Waals surface area contributed by atoms with Crippen molar-refractivity contribution in [3.05, 3.63) is 0 Å². The van der Waals surface area contributed by atoms with Crippen molar-refractivity contribution in [3.63, 3.8) is 0 Å². The molecule has 1 rings (SSSR count). The molecule has 0 N–H and O–H groups in total. The maximum atomic E-state index is 10.4. The first kappa shape index (κ1) is 6.26. The first-order valence-electron chi connectivity index (χ1n) is 2.88. The van der Waals surface area contributed by atoms with Gasteiger partial charge in [-0.15, -0.1) is 0 Å². The highest BCUT2D eigenvalue weighted by atomic mass is 16.6. The molecule has 1 aliphatic rings. The molecule has 50 valence electrons. The molecular formula is C6H8O3. The minimum atomic E-state index is -0.481. The van der Waals surface area contributed by atoms with Gasteiger partial charge >= 0.3 is 11.9 Å². The van der Waals surface area contributed by atoms with Gasteiger partial charge in [0.25, 0.3) is 0 Å². The lowest BCUT2D eigenvalue weighted by molar-refractivity contribution is -0.186. The summed E-state index contributed by atoms with van der Waals surface area (Å²) >= 11 is 0. The van der Waals surface area contributed by atoms with Crippen LogP contribution < -0.4 is 0 Å². The van der Waals surface area contributed by atoms with Gasteiger partial charge < -0.3 is 4.74 Å². The number of esters is 2. The van der Waals surface area contributed by atoms with Crippen molar-refractivity contribution in [1.29, 1.82) is 0 Å². The largest absolute Gasteiger partial charge is 0.392 e. The van der Waals surface area contributed by atoms with E-state index >= 15 is 0 Å². The normalized spacial score (nSPS) is 19.9. The topological polar surface area (TPSA) is 43.4 Å². The summed E-state index contributed by atoms with van der Waals surface area (Å²) in [6, 6.07) is 0. The van der Waals surface area contributed by atoms with E-state index in [2.05, 4.69) is 4.74 Å². The Morgan fingerprint density at radius 1 is 1.33 bits per heavy atom. The maximum Gasteiger partial charge on any atom is 0.328 e. The Hall–Kier alpha value is -0.860. The Morgan fingerprint density at radius 3 is 1.89 bits per heavy atom. The van der Waals surface area contributed by atoms with E-state index in [0.717, 1.165) is 0 Å². The summed E-state index contributed by atoms with van der Waals surface area (Å²) < 4.78 is 4.14. The summed E-state index contributed by atoms with van der Waals surface area (Å²) in [6.45, 7) is 3.64. The van der Waals surface area contributed by atoms with Crippen LogP contribution in [0.1, 0.15) is 13.8 Å². The monoisotopic (exact) mass is 128 g/mol. The van der Waals surface area contributed by atoms with Gasteiger partial charge in [-0.2, -0.15) is 0 Å². The molecule has 0 bridgehead atoms. The highest BCUT2D eigenvalue weighted by Crippen LogP contribution is 2.22. The Balaban J connectivity index is 2.59.